The zero-order chi connectivity index (χ0) is 18.3. The summed E-state index contributed by atoms with van der Waals surface area (Å²) in [5, 5.41) is 0.208. The van der Waals surface area contributed by atoms with Gasteiger partial charge in [-0.2, -0.15) is 0 Å². The van der Waals surface area contributed by atoms with Gasteiger partial charge in [0.15, 0.2) is 0 Å². The maximum Gasteiger partial charge on any atom is 0.343 e. The van der Waals surface area contributed by atoms with Gasteiger partial charge in [0.25, 0.3) is 0 Å². The number of benzene rings is 2. The molecule has 0 saturated heterocycles. The fourth-order valence-corrected chi connectivity index (χ4v) is 3.22. The van der Waals surface area contributed by atoms with Crippen molar-refractivity contribution in [3.05, 3.63) is 70.3 Å². The second kappa shape index (κ2) is 6.41. The van der Waals surface area contributed by atoms with Crippen LogP contribution in [0.2, 0.25) is 0 Å². The van der Waals surface area contributed by atoms with Crippen LogP contribution in [-0.2, 0) is 4.74 Å². The average molecular weight is 351 g/mol. The maximum absolute atomic E-state index is 14.8. The van der Waals surface area contributed by atoms with Crippen LogP contribution in [0.25, 0.3) is 22.0 Å². The predicted octanol–water partition coefficient (Wildman–Crippen LogP) is 4.32. The molecule has 0 amide bonds. The number of hydrogen-bond acceptors (Lipinski definition) is 3. The van der Waals surface area contributed by atoms with E-state index < -0.39 is 17.2 Å². The summed E-state index contributed by atoms with van der Waals surface area (Å²) >= 11 is 0. The molecule has 1 fully saturated rings. The minimum atomic E-state index is -0.665. The highest BCUT2D eigenvalue weighted by Gasteiger charge is 2.27. The van der Waals surface area contributed by atoms with E-state index in [1.54, 1.807) is 19.2 Å². The molecule has 0 spiro atoms. The standard InChI is InChI=1S/C21H18FNO3/c1-2-26-21(25)17-12-23(14-8-9-14)19-11-15(13-6-4-3-5-7-13)18(22)10-16(19)20(17)24/h3-7,10-12,14H,2,8-9H2,1H3. The Bertz CT molecular complexity index is 1050. The van der Waals surface area contributed by atoms with Gasteiger partial charge in [0.05, 0.1) is 12.1 Å². The number of carbonyl (C=O) groups excluding carboxylic acids is 1. The molecule has 1 saturated carbocycles. The van der Waals surface area contributed by atoms with Crippen LogP contribution in [0.15, 0.2) is 53.5 Å². The lowest BCUT2D eigenvalue weighted by atomic mass is 10.0. The summed E-state index contributed by atoms with van der Waals surface area (Å²) in [6.07, 6.45) is 3.50. The molecule has 0 atom stereocenters. The highest BCUT2D eigenvalue weighted by molar-refractivity contribution is 5.95. The molecular weight excluding hydrogens is 333 g/mol. The topological polar surface area (TPSA) is 48.3 Å². The summed E-state index contributed by atoms with van der Waals surface area (Å²) in [5.74, 6) is -1.15. The van der Waals surface area contributed by atoms with E-state index >= 15 is 0 Å². The summed E-state index contributed by atoms with van der Waals surface area (Å²) in [6, 6.07) is 12.4. The fourth-order valence-electron chi connectivity index (χ4n) is 3.22. The molecule has 26 heavy (non-hydrogen) atoms. The monoisotopic (exact) mass is 351 g/mol. The van der Waals surface area contributed by atoms with E-state index in [2.05, 4.69) is 0 Å². The lowest BCUT2D eigenvalue weighted by Crippen LogP contribution is -2.21. The molecule has 4 nitrogen and oxygen atoms in total. The second-order valence-corrected chi connectivity index (χ2v) is 6.45. The molecule has 1 aromatic heterocycles. The second-order valence-electron chi connectivity index (χ2n) is 6.45. The number of ether oxygens (including phenoxy) is 1. The first kappa shape index (κ1) is 16.5. The molecule has 5 heteroatoms. The number of rotatable bonds is 4. The van der Waals surface area contributed by atoms with Gasteiger partial charge >= 0.3 is 5.97 Å². The average Bonchev–Trinajstić information content (AvgIpc) is 3.48. The molecule has 0 unspecified atom stereocenters. The molecule has 0 aliphatic heterocycles. The molecule has 0 radical (unpaired) electrons. The summed E-state index contributed by atoms with van der Waals surface area (Å²) in [6.45, 7) is 1.87. The lowest BCUT2D eigenvalue weighted by molar-refractivity contribution is 0.0524. The Balaban J connectivity index is 1.99. The molecule has 0 bridgehead atoms. The minimum absolute atomic E-state index is 0.0434. The van der Waals surface area contributed by atoms with Crippen molar-refractivity contribution in [1.29, 1.82) is 0 Å². The number of nitrogens with zero attached hydrogens (tertiary/aromatic N) is 1. The van der Waals surface area contributed by atoms with Crippen molar-refractivity contribution in [2.75, 3.05) is 6.61 Å². The van der Waals surface area contributed by atoms with Gasteiger partial charge in [0.1, 0.15) is 11.4 Å². The molecule has 1 aliphatic rings. The number of esters is 1. The van der Waals surface area contributed by atoms with E-state index in [0.29, 0.717) is 11.1 Å². The van der Waals surface area contributed by atoms with Crippen molar-refractivity contribution in [3.63, 3.8) is 0 Å². The van der Waals surface area contributed by atoms with Crippen molar-refractivity contribution < 1.29 is 13.9 Å². The van der Waals surface area contributed by atoms with E-state index in [9.17, 15) is 14.0 Å². The third-order valence-electron chi connectivity index (χ3n) is 4.64. The number of aromatic nitrogens is 1. The van der Waals surface area contributed by atoms with Gasteiger partial charge in [0, 0.05) is 23.2 Å². The Morgan fingerprint density at radius 1 is 1.23 bits per heavy atom. The number of carbonyl (C=O) groups is 1. The first-order valence-electron chi connectivity index (χ1n) is 8.71. The summed E-state index contributed by atoms with van der Waals surface area (Å²) in [7, 11) is 0. The fraction of sp³-hybridized carbons (Fsp3) is 0.238. The summed E-state index contributed by atoms with van der Waals surface area (Å²) in [5.41, 5.74) is 1.30. The van der Waals surface area contributed by atoms with Gasteiger partial charge < -0.3 is 9.30 Å². The predicted molar refractivity (Wildman–Crippen MR) is 97.8 cm³/mol. The van der Waals surface area contributed by atoms with E-state index in [4.69, 9.17) is 4.74 Å². The smallest absolute Gasteiger partial charge is 0.343 e. The molecule has 1 heterocycles. The first-order chi connectivity index (χ1) is 12.6. The van der Waals surface area contributed by atoms with Crippen LogP contribution in [0, 0.1) is 5.82 Å². The van der Waals surface area contributed by atoms with Crippen LogP contribution in [0.4, 0.5) is 4.39 Å². The highest BCUT2D eigenvalue weighted by atomic mass is 19.1. The van der Waals surface area contributed by atoms with E-state index in [0.717, 1.165) is 18.4 Å². The maximum atomic E-state index is 14.8. The van der Waals surface area contributed by atoms with Gasteiger partial charge in [-0.3, -0.25) is 4.79 Å². The van der Waals surface area contributed by atoms with E-state index in [1.807, 2.05) is 34.9 Å². The van der Waals surface area contributed by atoms with Gasteiger partial charge in [-0.15, -0.1) is 0 Å². The van der Waals surface area contributed by atoms with E-state index in [1.165, 1.54) is 6.07 Å². The van der Waals surface area contributed by atoms with E-state index in [-0.39, 0.29) is 23.6 Å². The molecule has 132 valence electrons. The largest absolute Gasteiger partial charge is 0.462 e. The number of pyridine rings is 1. The summed E-state index contributed by atoms with van der Waals surface area (Å²) < 4.78 is 21.7. The minimum Gasteiger partial charge on any atom is -0.462 e. The number of hydrogen-bond donors (Lipinski definition) is 0. The van der Waals surface area contributed by atoms with Crippen molar-refractivity contribution >= 4 is 16.9 Å². The first-order valence-corrected chi connectivity index (χ1v) is 8.71. The van der Waals surface area contributed by atoms with Gasteiger partial charge in [-0.05, 0) is 37.5 Å². The Kier molecular flexibility index (Phi) is 4.07. The zero-order valence-electron chi connectivity index (χ0n) is 14.4. The highest BCUT2D eigenvalue weighted by Crippen LogP contribution is 2.38. The third kappa shape index (κ3) is 2.79. The van der Waals surface area contributed by atoms with Gasteiger partial charge in [0.2, 0.25) is 5.43 Å². The molecule has 3 aromatic rings. The Labute approximate surface area is 149 Å². The number of halogens is 1. The van der Waals surface area contributed by atoms with Gasteiger partial charge in [-0.25, -0.2) is 9.18 Å². The van der Waals surface area contributed by atoms with Crippen molar-refractivity contribution in [3.8, 4) is 11.1 Å². The van der Waals surface area contributed by atoms with Crippen molar-refractivity contribution in [2.24, 2.45) is 0 Å². The van der Waals surface area contributed by atoms with Crippen LogP contribution in [-0.4, -0.2) is 17.1 Å². The molecule has 2 aromatic carbocycles. The Hall–Kier alpha value is -2.95. The van der Waals surface area contributed by atoms with Crippen LogP contribution in [0.5, 0.6) is 0 Å². The molecule has 0 N–H and O–H groups in total. The van der Waals surface area contributed by atoms with Crippen LogP contribution in [0.3, 0.4) is 0 Å². The van der Waals surface area contributed by atoms with Crippen LogP contribution < -0.4 is 5.43 Å². The lowest BCUT2D eigenvalue weighted by Gasteiger charge is -2.14. The molecule has 1 aliphatic carbocycles. The summed E-state index contributed by atoms with van der Waals surface area (Å²) in [4.78, 5) is 24.9. The van der Waals surface area contributed by atoms with Crippen molar-refractivity contribution in [2.45, 2.75) is 25.8 Å². The van der Waals surface area contributed by atoms with Crippen LogP contribution >= 0.6 is 0 Å². The SMILES string of the molecule is CCOC(=O)c1cn(C2CC2)c2cc(-c3ccccc3)c(F)cc2c1=O. The van der Waals surface area contributed by atoms with Gasteiger partial charge in [-0.1, -0.05) is 30.3 Å². The zero-order valence-corrected chi connectivity index (χ0v) is 14.4. The van der Waals surface area contributed by atoms with Crippen molar-refractivity contribution in [1.82, 2.24) is 4.57 Å². The third-order valence-corrected chi connectivity index (χ3v) is 4.64. The quantitative estimate of drug-likeness (QED) is 0.658. The number of fused-ring (bicyclic) bond motifs is 1. The Morgan fingerprint density at radius 2 is 1.96 bits per heavy atom. The van der Waals surface area contributed by atoms with Crippen LogP contribution in [0.1, 0.15) is 36.2 Å². The Morgan fingerprint density at radius 3 is 2.62 bits per heavy atom. The normalized spacial score (nSPS) is 13.8. The molecule has 4 rings (SSSR count). The molecular formula is C21H18FNO3.